The Hall–Kier alpha value is -0.0800. The van der Waals surface area contributed by atoms with Gasteiger partial charge in [0.1, 0.15) is 0 Å². The largest absolute Gasteiger partial charge is 0.371 e. The van der Waals surface area contributed by atoms with Gasteiger partial charge >= 0.3 is 0 Å². The summed E-state index contributed by atoms with van der Waals surface area (Å²) < 4.78 is 5.72. The molecule has 0 aromatic carbocycles. The standard InChI is InChI=1S/C9H21NO/c1-7(2)9(5,6-10)11-8(3)4/h7-8H,6,10H2,1-5H3. The van der Waals surface area contributed by atoms with E-state index < -0.39 is 0 Å². The van der Waals surface area contributed by atoms with Gasteiger partial charge in [0.25, 0.3) is 0 Å². The molecule has 0 rings (SSSR count). The van der Waals surface area contributed by atoms with Crippen LogP contribution in [0, 0.1) is 5.92 Å². The summed E-state index contributed by atoms with van der Waals surface area (Å²) in [5, 5.41) is 0. The van der Waals surface area contributed by atoms with Crippen LogP contribution in [-0.4, -0.2) is 18.2 Å². The van der Waals surface area contributed by atoms with E-state index in [1.807, 2.05) is 13.8 Å². The third kappa shape index (κ3) is 3.21. The SMILES string of the molecule is CC(C)OC(C)(CN)C(C)C. The third-order valence-corrected chi connectivity index (χ3v) is 2.13. The number of nitrogens with two attached hydrogens (primary N) is 1. The highest BCUT2D eigenvalue weighted by Gasteiger charge is 2.28. The summed E-state index contributed by atoms with van der Waals surface area (Å²) in [6, 6.07) is 0. The smallest absolute Gasteiger partial charge is 0.0802 e. The maximum Gasteiger partial charge on any atom is 0.0802 e. The van der Waals surface area contributed by atoms with Crippen molar-refractivity contribution >= 4 is 0 Å². The summed E-state index contributed by atoms with van der Waals surface area (Å²) in [4.78, 5) is 0. The molecular formula is C9H21NO. The van der Waals surface area contributed by atoms with Gasteiger partial charge in [-0.05, 0) is 26.7 Å². The molecule has 0 fully saturated rings. The van der Waals surface area contributed by atoms with Crippen LogP contribution in [0.4, 0.5) is 0 Å². The van der Waals surface area contributed by atoms with Crippen molar-refractivity contribution < 1.29 is 4.74 Å². The first-order chi connectivity index (χ1) is 4.92. The van der Waals surface area contributed by atoms with Crippen LogP contribution >= 0.6 is 0 Å². The predicted molar refractivity (Wildman–Crippen MR) is 48.5 cm³/mol. The molecule has 1 atom stereocenters. The minimum absolute atomic E-state index is 0.159. The second kappa shape index (κ2) is 4.07. The Kier molecular flexibility index (Phi) is 4.04. The minimum atomic E-state index is -0.159. The minimum Gasteiger partial charge on any atom is -0.371 e. The van der Waals surface area contributed by atoms with Crippen LogP contribution in [0.25, 0.3) is 0 Å². The Morgan fingerprint density at radius 3 is 1.82 bits per heavy atom. The fraction of sp³-hybridized carbons (Fsp3) is 1.00. The summed E-state index contributed by atoms with van der Waals surface area (Å²) in [7, 11) is 0. The van der Waals surface area contributed by atoms with Gasteiger partial charge in [-0.1, -0.05) is 13.8 Å². The van der Waals surface area contributed by atoms with Crippen LogP contribution < -0.4 is 5.73 Å². The number of hydrogen-bond donors (Lipinski definition) is 1. The Morgan fingerprint density at radius 2 is 1.73 bits per heavy atom. The van der Waals surface area contributed by atoms with Crippen LogP contribution in [0.2, 0.25) is 0 Å². The molecule has 0 aliphatic rings. The van der Waals surface area contributed by atoms with Gasteiger partial charge in [-0.3, -0.25) is 0 Å². The monoisotopic (exact) mass is 159 g/mol. The van der Waals surface area contributed by atoms with Gasteiger partial charge in [-0.25, -0.2) is 0 Å². The van der Waals surface area contributed by atoms with Gasteiger partial charge in [0, 0.05) is 6.54 Å². The molecule has 2 nitrogen and oxygen atoms in total. The lowest BCUT2D eigenvalue weighted by Crippen LogP contribution is -2.44. The first-order valence-corrected chi connectivity index (χ1v) is 4.30. The fourth-order valence-corrected chi connectivity index (χ4v) is 0.958. The second-order valence-electron chi connectivity index (χ2n) is 3.84. The van der Waals surface area contributed by atoms with E-state index in [4.69, 9.17) is 10.5 Å². The van der Waals surface area contributed by atoms with Gasteiger partial charge < -0.3 is 10.5 Å². The van der Waals surface area contributed by atoms with Gasteiger partial charge in [-0.15, -0.1) is 0 Å². The molecule has 0 saturated heterocycles. The summed E-state index contributed by atoms with van der Waals surface area (Å²) in [6.45, 7) is 11.0. The van der Waals surface area contributed by atoms with Crippen molar-refractivity contribution in [3.05, 3.63) is 0 Å². The lowest BCUT2D eigenvalue weighted by Gasteiger charge is -2.34. The molecule has 0 amide bonds. The predicted octanol–water partition coefficient (Wildman–Crippen LogP) is 1.78. The van der Waals surface area contributed by atoms with Crippen LogP contribution in [0.3, 0.4) is 0 Å². The number of hydrogen-bond acceptors (Lipinski definition) is 2. The van der Waals surface area contributed by atoms with Crippen molar-refractivity contribution in [2.45, 2.75) is 46.3 Å². The molecule has 0 aliphatic heterocycles. The van der Waals surface area contributed by atoms with Gasteiger partial charge in [0.15, 0.2) is 0 Å². The van der Waals surface area contributed by atoms with Crippen LogP contribution in [0.1, 0.15) is 34.6 Å². The van der Waals surface area contributed by atoms with E-state index in [2.05, 4.69) is 20.8 Å². The quantitative estimate of drug-likeness (QED) is 0.678. The molecule has 11 heavy (non-hydrogen) atoms. The lowest BCUT2D eigenvalue weighted by atomic mass is 9.92. The highest BCUT2D eigenvalue weighted by atomic mass is 16.5. The molecule has 0 heterocycles. The first kappa shape index (κ1) is 10.9. The second-order valence-corrected chi connectivity index (χ2v) is 3.84. The summed E-state index contributed by atoms with van der Waals surface area (Å²) >= 11 is 0. The van der Waals surface area contributed by atoms with Gasteiger partial charge in [0.2, 0.25) is 0 Å². The zero-order valence-corrected chi connectivity index (χ0v) is 8.35. The highest BCUT2D eigenvalue weighted by molar-refractivity contribution is 4.80. The van der Waals surface area contributed by atoms with Crippen molar-refractivity contribution in [3.8, 4) is 0 Å². The normalized spacial score (nSPS) is 17.5. The molecule has 0 saturated carbocycles. The van der Waals surface area contributed by atoms with Crippen molar-refractivity contribution in [1.82, 2.24) is 0 Å². The molecule has 68 valence electrons. The number of ether oxygens (including phenoxy) is 1. The summed E-state index contributed by atoms with van der Waals surface area (Å²) in [5.41, 5.74) is 5.47. The van der Waals surface area contributed by atoms with Crippen LogP contribution in [0.5, 0.6) is 0 Å². The molecule has 2 heteroatoms. The topological polar surface area (TPSA) is 35.2 Å². The zero-order chi connectivity index (χ0) is 9.07. The molecule has 0 aliphatic carbocycles. The summed E-state index contributed by atoms with van der Waals surface area (Å²) in [6.07, 6.45) is 0.256. The van der Waals surface area contributed by atoms with E-state index in [0.717, 1.165) is 0 Å². The van der Waals surface area contributed by atoms with Crippen molar-refractivity contribution in [3.63, 3.8) is 0 Å². The van der Waals surface area contributed by atoms with Crippen molar-refractivity contribution in [2.75, 3.05) is 6.54 Å². The van der Waals surface area contributed by atoms with Gasteiger partial charge in [0.05, 0.1) is 11.7 Å². The highest BCUT2D eigenvalue weighted by Crippen LogP contribution is 2.21. The number of rotatable bonds is 4. The van der Waals surface area contributed by atoms with Crippen molar-refractivity contribution in [1.29, 1.82) is 0 Å². The van der Waals surface area contributed by atoms with E-state index in [-0.39, 0.29) is 11.7 Å². The Bertz CT molecular complexity index is 112. The third-order valence-electron chi connectivity index (χ3n) is 2.13. The Morgan fingerprint density at radius 1 is 1.27 bits per heavy atom. The Balaban J connectivity index is 4.10. The van der Waals surface area contributed by atoms with Crippen LogP contribution in [0.15, 0.2) is 0 Å². The molecule has 2 N–H and O–H groups in total. The van der Waals surface area contributed by atoms with Crippen molar-refractivity contribution in [2.24, 2.45) is 11.7 Å². The van der Waals surface area contributed by atoms with E-state index >= 15 is 0 Å². The van der Waals surface area contributed by atoms with E-state index in [0.29, 0.717) is 12.5 Å². The Labute approximate surface area is 70.1 Å². The maximum atomic E-state index is 5.72. The molecule has 0 aromatic rings. The molecule has 0 bridgehead atoms. The lowest BCUT2D eigenvalue weighted by molar-refractivity contribution is -0.0897. The van der Waals surface area contributed by atoms with E-state index in [9.17, 15) is 0 Å². The van der Waals surface area contributed by atoms with Crippen LogP contribution in [-0.2, 0) is 4.74 Å². The zero-order valence-electron chi connectivity index (χ0n) is 8.35. The molecular weight excluding hydrogens is 138 g/mol. The van der Waals surface area contributed by atoms with E-state index in [1.54, 1.807) is 0 Å². The first-order valence-electron chi connectivity index (χ1n) is 4.30. The average Bonchev–Trinajstić information content (AvgIpc) is 1.86. The average molecular weight is 159 g/mol. The fourth-order valence-electron chi connectivity index (χ4n) is 0.958. The summed E-state index contributed by atoms with van der Waals surface area (Å²) in [5.74, 6) is 0.467. The molecule has 0 radical (unpaired) electrons. The van der Waals surface area contributed by atoms with E-state index in [1.165, 1.54) is 0 Å². The van der Waals surface area contributed by atoms with Gasteiger partial charge in [-0.2, -0.15) is 0 Å². The molecule has 0 spiro atoms. The molecule has 0 aromatic heterocycles. The maximum absolute atomic E-state index is 5.72. The molecule has 1 unspecified atom stereocenters.